The first kappa shape index (κ1) is 27.5. The fourth-order valence-electron chi connectivity index (χ4n) is 4.96. The average molecular weight is 529 g/mol. The number of aliphatic carboxylic acids is 1. The summed E-state index contributed by atoms with van der Waals surface area (Å²) in [5.41, 5.74) is 6.04. The maximum Gasteiger partial charge on any atom is 0.328 e. The molecule has 5 nitrogen and oxygen atoms in total. The molecule has 6 heteroatoms. The summed E-state index contributed by atoms with van der Waals surface area (Å²) in [6.07, 6.45) is 8.77. The van der Waals surface area contributed by atoms with Crippen LogP contribution in [0.5, 0.6) is 0 Å². The zero-order valence-corrected chi connectivity index (χ0v) is 23.2. The van der Waals surface area contributed by atoms with Gasteiger partial charge in [0.2, 0.25) is 5.91 Å². The molecule has 38 heavy (non-hydrogen) atoms. The number of carboxylic acid groups (broad SMARTS) is 1. The van der Waals surface area contributed by atoms with Gasteiger partial charge in [0.05, 0.1) is 6.54 Å². The third-order valence-corrected chi connectivity index (χ3v) is 8.37. The molecule has 0 spiro atoms. The van der Waals surface area contributed by atoms with E-state index in [0.29, 0.717) is 11.8 Å². The zero-order chi connectivity index (χ0) is 27.1. The molecule has 3 aromatic rings. The van der Waals surface area contributed by atoms with Crippen molar-refractivity contribution in [3.63, 3.8) is 0 Å². The Morgan fingerprint density at radius 1 is 0.895 bits per heavy atom. The van der Waals surface area contributed by atoms with E-state index in [-0.39, 0.29) is 11.8 Å². The van der Waals surface area contributed by atoms with Crippen LogP contribution >= 0.6 is 11.8 Å². The highest BCUT2D eigenvalue weighted by Crippen LogP contribution is 2.34. The van der Waals surface area contributed by atoms with Crippen molar-refractivity contribution in [2.75, 3.05) is 30.2 Å². The van der Waals surface area contributed by atoms with E-state index in [9.17, 15) is 9.59 Å². The van der Waals surface area contributed by atoms with Crippen molar-refractivity contribution in [1.29, 1.82) is 0 Å². The Balaban J connectivity index is 1.58. The van der Waals surface area contributed by atoms with Gasteiger partial charge in [-0.3, -0.25) is 4.79 Å². The molecule has 3 aromatic carbocycles. The fraction of sp³-hybridized carbons (Fsp3) is 0.312. The molecule has 0 bridgehead atoms. The van der Waals surface area contributed by atoms with Gasteiger partial charge < -0.3 is 14.9 Å². The van der Waals surface area contributed by atoms with Gasteiger partial charge in [0, 0.05) is 42.7 Å². The van der Waals surface area contributed by atoms with E-state index in [1.54, 1.807) is 6.08 Å². The number of anilines is 2. The van der Waals surface area contributed by atoms with Crippen LogP contribution in [-0.2, 0) is 16.1 Å². The molecule has 1 amide bonds. The third kappa shape index (κ3) is 7.07. The number of hydrogen-bond donors (Lipinski definition) is 1. The lowest BCUT2D eigenvalue weighted by molar-refractivity contribution is -0.131. The Labute approximate surface area is 230 Å². The number of rotatable bonds is 9. The second kappa shape index (κ2) is 12.8. The molecule has 198 valence electrons. The van der Waals surface area contributed by atoms with Gasteiger partial charge in [-0.05, 0) is 84.5 Å². The van der Waals surface area contributed by atoms with Gasteiger partial charge >= 0.3 is 5.97 Å². The van der Waals surface area contributed by atoms with Gasteiger partial charge in [-0.2, -0.15) is 11.8 Å². The Morgan fingerprint density at radius 3 is 2.11 bits per heavy atom. The van der Waals surface area contributed by atoms with Crippen LogP contribution in [0.15, 0.2) is 78.9 Å². The lowest BCUT2D eigenvalue weighted by Gasteiger charge is -2.32. The lowest BCUT2D eigenvalue weighted by atomic mass is 9.87. The number of benzene rings is 3. The van der Waals surface area contributed by atoms with Crippen LogP contribution in [0.25, 0.3) is 17.2 Å². The van der Waals surface area contributed by atoms with Crippen LogP contribution in [0.2, 0.25) is 0 Å². The highest BCUT2D eigenvalue weighted by atomic mass is 32.2. The largest absolute Gasteiger partial charge is 0.478 e. The summed E-state index contributed by atoms with van der Waals surface area (Å²) in [5.74, 6) is -0.844. The minimum Gasteiger partial charge on any atom is -0.478 e. The van der Waals surface area contributed by atoms with E-state index in [4.69, 9.17) is 5.11 Å². The number of amides is 1. The number of carbonyl (C=O) groups is 2. The third-order valence-electron chi connectivity index (χ3n) is 7.23. The molecule has 1 saturated carbocycles. The summed E-state index contributed by atoms with van der Waals surface area (Å²) < 4.78 is 0. The van der Waals surface area contributed by atoms with Gasteiger partial charge in [0.25, 0.3) is 0 Å². The Morgan fingerprint density at radius 2 is 1.53 bits per heavy atom. The maximum absolute atomic E-state index is 13.9. The van der Waals surface area contributed by atoms with Crippen LogP contribution < -0.4 is 9.80 Å². The molecule has 4 rings (SSSR count). The van der Waals surface area contributed by atoms with E-state index in [2.05, 4.69) is 59.7 Å². The number of carboxylic acids is 1. The summed E-state index contributed by atoms with van der Waals surface area (Å²) in [4.78, 5) is 28.8. The van der Waals surface area contributed by atoms with E-state index >= 15 is 0 Å². The Bertz CT molecular complexity index is 1260. The van der Waals surface area contributed by atoms with Gasteiger partial charge in [-0.25, -0.2) is 4.79 Å². The second-order valence-electron chi connectivity index (χ2n) is 10.0. The normalized spacial score (nSPS) is 17.3. The first-order valence-corrected chi connectivity index (χ1v) is 14.3. The minimum absolute atomic E-state index is 0.00565. The SMILES string of the molecule is CSC1CCC(C(=O)N(Cc2ccc(-c3ccc(N(C)C)cc3)cc2)c2cccc(/C=C/C(=O)O)c2)CC1. The topological polar surface area (TPSA) is 60.9 Å². The van der Waals surface area contributed by atoms with Crippen LogP contribution in [0.4, 0.5) is 11.4 Å². The van der Waals surface area contributed by atoms with Crippen LogP contribution in [0, 0.1) is 5.92 Å². The van der Waals surface area contributed by atoms with Gasteiger partial charge in [0.15, 0.2) is 0 Å². The predicted molar refractivity (Wildman–Crippen MR) is 160 cm³/mol. The van der Waals surface area contributed by atoms with E-state index in [1.165, 1.54) is 0 Å². The predicted octanol–water partition coefficient (Wildman–Crippen LogP) is 6.97. The summed E-state index contributed by atoms with van der Waals surface area (Å²) in [5, 5.41) is 9.67. The fourth-order valence-corrected chi connectivity index (χ4v) is 5.71. The van der Waals surface area contributed by atoms with Crippen molar-refractivity contribution in [2.45, 2.75) is 37.5 Å². The standard InChI is InChI=1S/C32H36N2O3S/c1-33(2)28-16-12-26(13-17-28)25-10-7-24(8-11-25)22-34(32(37)27-14-18-30(38-3)19-15-27)29-6-4-5-23(21-29)9-20-31(35)36/h4-13,16-17,20-21,27,30H,14-15,18-19,22H2,1-3H3,(H,35,36)/b20-9+. The molecule has 0 aromatic heterocycles. The molecule has 0 saturated heterocycles. The highest BCUT2D eigenvalue weighted by molar-refractivity contribution is 7.99. The zero-order valence-electron chi connectivity index (χ0n) is 22.3. The second-order valence-corrected chi connectivity index (χ2v) is 11.2. The summed E-state index contributed by atoms with van der Waals surface area (Å²) in [6, 6.07) is 24.4. The molecule has 0 unspecified atom stereocenters. The summed E-state index contributed by atoms with van der Waals surface area (Å²) >= 11 is 1.90. The minimum atomic E-state index is -0.995. The molecule has 0 radical (unpaired) electrons. The first-order valence-electron chi connectivity index (χ1n) is 13.1. The van der Waals surface area contributed by atoms with Crippen molar-refractivity contribution in [3.8, 4) is 11.1 Å². The quantitative estimate of drug-likeness (QED) is 0.304. The van der Waals surface area contributed by atoms with E-state index in [1.807, 2.05) is 55.0 Å². The monoisotopic (exact) mass is 528 g/mol. The maximum atomic E-state index is 13.9. The van der Waals surface area contributed by atoms with Crippen molar-refractivity contribution in [3.05, 3.63) is 90.0 Å². The molecule has 1 fully saturated rings. The molecule has 1 aliphatic carbocycles. The van der Waals surface area contributed by atoms with Crippen molar-refractivity contribution in [2.24, 2.45) is 5.92 Å². The van der Waals surface area contributed by atoms with Crippen LogP contribution in [0.1, 0.15) is 36.8 Å². The Kier molecular flexibility index (Phi) is 9.29. The highest BCUT2D eigenvalue weighted by Gasteiger charge is 2.30. The van der Waals surface area contributed by atoms with E-state index < -0.39 is 5.97 Å². The van der Waals surface area contributed by atoms with Gasteiger partial charge in [-0.1, -0.05) is 48.5 Å². The number of hydrogen-bond acceptors (Lipinski definition) is 4. The lowest BCUT2D eigenvalue weighted by Crippen LogP contribution is -2.37. The number of thioether (sulfide) groups is 1. The van der Waals surface area contributed by atoms with Gasteiger partial charge in [0.1, 0.15) is 0 Å². The van der Waals surface area contributed by atoms with Crippen molar-refractivity contribution >= 4 is 41.1 Å². The Hall–Kier alpha value is -3.51. The van der Waals surface area contributed by atoms with Crippen LogP contribution in [0.3, 0.4) is 0 Å². The molecular formula is C32H36N2O3S. The van der Waals surface area contributed by atoms with Crippen molar-refractivity contribution < 1.29 is 14.7 Å². The summed E-state index contributed by atoms with van der Waals surface area (Å²) in [7, 11) is 4.06. The summed E-state index contributed by atoms with van der Waals surface area (Å²) in [6.45, 7) is 0.466. The molecule has 1 N–H and O–H groups in total. The molecule has 0 heterocycles. The van der Waals surface area contributed by atoms with E-state index in [0.717, 1.165) is 65.4 Å². The van der Waals surface area contributed by atoms with Gasteiger partial charge in [-0.15, -0.1) is 0 Å². The molecule has 0 aliphatic heterocycles. The molecular weight excluding hydrogens is 492 g/mol. The average Bonchev–Trinajstić information content (AvgIpc) is 2.95. The first-order chi connectivity index (χ1) is 18.3. The molecule has 1 aliphatic rings. The van der Waals surface area contributed by atoms with Crippen LogP contribution in [-0.4, -0.2) is 42.6 Å². The smallest absolute Gasteiger partial charge is 0.328 e. The number of carbonyl (C=O) groups excluding carboxylic acids is 1. The van der Waals surface area contributed by atoms with Crippen molar-refractivity contribution in [1.82, 2.24) is 0 Å². The molecule has 0 atom stereocenters. The number of nitrogens with zero attached hydrogens (tertiary/aromatic N) is 2.